The lowest BCUT2D eigenvalue weighted by atomic mass is 9.73. The molecule has 3 unspecified atom stereocenters. The first-order valence-electron chi connectivity index (χ1n) is 11.9. The molecule has 174 valence electrons. The summed E-state index contributed by atoms with van der Waals surface area (Å²) in [7, 11) is 0. The fourth-order valence-electron chi connectivity index (χ4n) is 5.68. The first-order chi connectivity index (χ1) is 17.1. The monoisotopic (exact) mass is 481 g/mol. The van der Waals surface area contributed by atoms with Crippen LogP contribution in [0.4, 0.5) is 10.5 Å². The van der Waals surface area contributed by atoms with Crippen LogP contribution in [0.5, 0.6) is 0 Å². The van der Waals surface area contributed by atoms with Crippen molar-refractivity contribution in [2.45, 2.75) is 31.2 Å². The third-order valence-electron chi connectivity index (χ3n) is 7.35. The quantitative estimate of drug-likeness (QED) is 0.360. The van der Waals surface area contributed by atoms with Crippen molar-refractivity contribution in [3.63, 3.8) is 0 Å². The number of hydrogen-bond donors (Lipinski definition) is 1. The van der Waals surface area contributed by atoms with E-state index < -0.39 is 0 Å². The SMILES string of the molecule is O=C1NC2CC(c3ccccc3-c3ccccc3Cl)CCC2C(=O)N1c1cncc2ccccc12. The molecule has 0 radical (unpaired) electrons. The molecule has 1 aliphatic carbocycles. The Hall–Kier alpha value is -3.70. The van der Waals surface area contributed by atoms with Crippen LogP contribution in [-0.4, -0.2) is 23.0 Å². The van der Waals surface area contributed by atoms with Crippen molar-refractivity contribution in [1.82, 2.24) is 10.3 Å². The Balaban J connectivity index is 1.29. The predicted octanol–water partition coefficient (Wildman–Crippen LogP) is 6.56. The standard InChI is InChI=1S/C29H24ClN3O2/c30-25-12-6-5-11-23(25)22-10-4-3-8-20(22)18-13-14-24-26(15-18)32-29(35)33(28(24)34)27-17-31-16-19-7-1-2-9-21(19)27/h1-12,16-18,24,26H,13-15H2,(H,32,35). The van der Waals surface area contributed by atoms with Crippen LogP contribution >= 0.6 is 11.6 Å². The molecule has 0 spiro atoms. The van der Waals surface area contributed by atoms with Crippen molar-refractivity contribution < 1.29 is 9.59 Å². The number of anilines is 1. The Morgan fingerprint density at radius 2 is 1.60 bits per heavy atom. The van der Waals surface area contributed by atoms with Gasteiger partial charge in [0.25, 0.3) is 0 Å². The lowest BCUT2D eigenvalue weighted by molar-refractivity contribution is -0.124. The zero-order valence-corrected chi connectivity index (χ0v) is 19.8. The van der Waals surface area contributed by atoms with E-state index in [1.165, 1.54) is 10.5 Å². The maximum absolute atomic E-state index is 13.6. The number of nitrogens with one attached hydrogen (secondary N) is 1. The number of fused-ring (bicyclic) bond motifs is 2. The molecular formula is C29H24ClN3O2. The number of urea groups is 1. The van der Waals surface area contributed by atoms with Gasteiger partial charge >= 0.3 is 6.03 Å². The first kappa shape index (κ1) is 21.8. The fraction of sp³-hybridized carbons (Fsp3) is 0.207. The van der Waals surface area contributed by atoms with E-state index in [2.05, 4.69) is 22.4 Å². The van der Waals surface area contributed by atoms with E-state index in [1.54, 1.807) is 12.4 Å². The average molecular weight is 482 g/mol. The van der Waals surface area contributed by atoms with E-state index in [0.717, 1.165) is 28.3 Å². The smallest absolute Gasteiger partial charge is 0.329 e. The number of nitrogens with zero attached hydrogens (tertiary/aromatic N) is 2. The number of carbonyl (C=O) groups is 2. The fourth-order valence-corrected chi connectivity index (χ4v) is 5.92. The molecule has 1 saturated carbocycles. The third kappa shape index (κ3) is 3.76. The topological polar surface area (TPSA) is 62.3 Å². The molecule has 1 aliphatic heterocycles. The number of halogens is 1. The Kier molecular flexibility index (Phi) is 5.50. The van der Waals surface area contributed by atoms with Crippen molar-refractivity contribution in [1.29, 1.82) is 0 Å². The summed E-state index contributed by atoms with van der Waals surface area (Å²) in [5.74, 6) is -0.173. The summed E-state index contributed by atoms with van der Waals surface area (Å²) in [6, 6.07) is 23.3. The van der Waals surface area contributed by atoms with E-state index in [-0.39, 0.29) is 29.8 Å². The maximum atomic E-state index is 13.6. The molecule has 3 amide bonds. The highest BCUT2D eigenvalue weighted by molar-refractivity contribution is 6.33. The van der Waals surface area contributed by atoms with Crippen LogP contribution < -0.4 is 10.2 Å². The van der Waals surface area contributed by atoms with Gasteiger partial charge in [0, 0.05) is 33.6 Å². The molecule has 0 bridgehead atoms. The van der Waals surface area contributed by atoms with E-state index >= 15 is 0 Å². The van der Waals surface area contributed by atoms with E-state index in [4.69, 9.17) is 11.6 Å². The second kappa shape index (κ2) is 8.82. The molecule has 6 rings (SSSR count). The molecule has 3 atom stereocenters. The van der Waals surface area contributed by atoms with Crippen LogP contribution in [0.25, 0.3) is 21.9 Å². The van der Waals surface area contributed by atoms with Crippen LogP contribution in [0.15, 0.2) is 85.2 Å². The van der Waals surface area contributed by atoms with E-state index in [1.807, 2.05) is 60.7 Å². The molecule has 4 aromatic rings. The second-order valence-electron chi connectivity index (χ2n) is 9.29. The highest BCUT2D eigenvalue weighted by Crippen LogP contribution is 2.43. The number of hydrogen-bond acceptors (Lipinski definition) is 3. The first-order valence-corrected chi connectivity index (χ1v) is 12.3. The highest BCUT2D eigenvalue weighted by atomic mass is 35.5. The summed E-state index contributed by atoms with van der Waals surface area (Å²) in [5.41, 5.74) is 3.86. The lowest BCUT2D eigenvalue weighted by Crippen LogP contribution is -2.61. The average Bonchev–Trinajstić information content (AvgIpc) is 2.89. The number of benzene rings is 3. The number of pyridine rings is 1. The molecule has 2 fully saturated rings. The van der Waals surface area contributed by atoms with Gasteiger partial charge in [-0.25, -0.2) is 9.69 Å². The van der Waals surface area contributed by atoms with Crippen LogP contribution in [-0.2, 0) is 4.79 Å². The highest BCUT2D eigenvalue weighted by Gasteiger charge is 2.45. The molecule has 5 nitrogen and oxygen atoms in total. The molecule has 2 aliphatic rings. The second-order valence-corrected chi connectivity index (χ2v) is 9.70. The van der Waals surface area contributed by atoms with Gasteiger partial charge in [-0.15, -0.1) is 0 Å². The number of imide groups is 1. The van der Waals surface area contributed by atoms with Crippen molar-refractivity contribution in [3.05, 3.63) is 95.8 Å². The van der Waals surface area contributed by atoms with Gasteiger partial charge in [-0.2, -0.15) is 0 Å². The summed E-state index contributed by atoms with van der Waals surface area (Å²) in [6.45, 7) is 0. The third-order valence-corrected chi connectivity index (χ3v) is 7.68. The summed E-state index contributed by atoms with van der Waals surface area (Å²) in [5, 5.41) is 5.60. The van der Waals surface area contributed by atoms with Gasteiger partial charge < -0.3 is 5.32 Å². The van der Waals surface area contributed by atoms with Crippen LogP contribution in [0.1, 0.15) is 30.7 Å². The van der Waals surface area contributed by atoms with Gasteiger partial charge in [0.2, 0.25) is 5.91 Å². The van der Waals surface area contributed by atoms with Gasteiger partial charge in [0.1, 0.15) is 0 Å². The van der Waals surface area contributed by atoms with Crippen LogP contribution in [0, 0.1) is 5.92 Å². The van der Waals surface area contributed by atoms with Crippen molar-refractivity contribution in [2.24, 2.45) is 5.92 Å². The van der Waals surface area contributed by atoms with Crippen LogP contribution in [0.2, 0.25) is 5.02 Å². The minimum atomic E-state index is -0.380. The molecule has 35 heavy (non-hydrogen) atoms. The van der Waals surface area contributed by atoms with Crippen LogP contribution in [0.3, 0.4) is 0 Å². The Morgan fingerprint density at radius 3 is 2.46 bits per heavy atom. The lowest BCUT2D eigenvalue weighted by Gasteiger charge is -2.42. The van der Waals surface area contributed by atoms with Gasteiger partial charge in [0.15, 0.2) is 0 Å². The Labute approximate surface area is 208 Å². The summed E-state index contributed by atoms with van der Waals surface area (Å²) < 4.78 is 0. The molecule has 1 N–H and O–H groups in total. The Morgan fingerprint density at radius 1 is 0.857 bits per heavy atom. The number of carbonyl (C=O) groups excluding carboxylic acids is 2. The molecule has 1 saturated heterocycles. The zero-order valence-electron chi connectivity index (χ0n) is 19.0. The van der Waals surface area contributed by atoms with E-state index in [9.17, 15) is 9.59 Å². The van der Waals surface area contributed by atoms with Crippen molar-refractivity contribution >= 4 is 40.0 Å². The van der Waals surface area contributed by atoms with Crippen molar-refractivity contribution in [2.75, 3.05) is 4.90 Å². The van der Waals surface area contributed by atoms with Gasteiger partial charge in [-0.05, 0) is 42.4 Å². The minimum absolute atomic E-state index is 0.144. The summed E-state index contributed by atoms with van der Waals surface area (Å²) in [6.07, 6.45) is 5.64. The van der Waals surface area contributed by atoms with Crippen molar-refractivity contribution in [3.8, 4) is 11.1 Å². The number of aromatic nitrogens is 1. The minimum Gasteiger partial charge on any atom is -0.334 e. The van der Waals surface area contributed by atoms with E-state index in [0.29, 0.717) is 23.6 Å². The molecule has 1 aromatic heterocycles. The van der Waals surface area contributed by atoms with Gasteiger partial charge in [-0.1, -0.05) is 78.3 Å². The molecule has 2 heterocycles. The molecule has 6 heteroatoms. The summed E-state index contributed by atoms with van der Waals surface area (Å²) >= 11 is 6.52. The maximum Gasteiger partial charge on any atom is 0.329 e. The largest absolute Gasteiger partial charge is 0.334 e. The Bertz CT molecular complexity index is 1450. The zero-order chi connectivity index (χ0) is 23.9. The van der Waals surface area contributed by atoms with Gasteiger partial charge in [-0.3, -0.25) is 9.78 Å². The number of amides is 3. The number of rotatable bonds is 3. The van der Waals surface area contributed by atoms with Gasteiger partial charge in [0.05, 0.1) is 17.8 Å². The molecular weight excluding hydrogens is 458 g/mol. The predicted molar refractivity (Wildman–Crippen MR) is 139 cm³/mol. The molecule has 3 aromatic carbocycles. The summed E-state index contributed by atoms with van der Waals surface area (Å²) in [4.78, 5) is 32.4. The normalized spacial score (nSPS) is 22.1.